The molecule has 0 aliphatic carbocycles. The Morgan fingerprint density at radius 1 is 1.09 bits per heavy atom. The van der Waals surface area contributed by atoms with E-state index >= 15 is 0 Å². The summed E-state index contributed by atoms with van der Waals surface area (Å²) in [5.41, 5.74) is 1.86. The number of carbonyl (C=O) groups excluding carboxylic acids is 3. The van der Waals surface area contributed by atoms with Gasteiger partial charge >= 0.3 is 12.0 Å². The smallest absolute Gasteiger partial charge is 0.318 e. The van der Waals surface area contributed by atoms with Crippen LogP contribution < -0.4 is 20.7 Å². The van der Waals surface area contributed by atoms with Crippen LogP contribution in [-0.4, -0.2) is 44.7 Å². The van der Waals surface area contributed by atoms with E-state index < -0.39 is 12.0 Å². The molecule has 2 aromatic carbocycles. The summed E-state index contributed by atoms with van der Waals surface area (Å²) in [6, 6.07) is 11.1. The maximum atomic E-state index is 12.8. The highest BCUT2D eigenvalue weighted by atomic mass is 35.5. The number of esters is 1. The Bertz CT molecular complexity index is 934. The molecule has 2 aromatic rings. The minimum Gasteiger partial charge on any atom is -0.492 e. The molecule has 0 spiro atoms. The van der Waals surface area contributed by atoms with E-state index in [4.69, 9.17) is 21.1 Å². The third-order valence-corrected chi connectivity index (χ3v) is 4.85. The number of methoxy groups -OCH3 is 1. The molecular weight excluding hydrogens is 434 g/mol. The molecule has 172 valence electrons. The molecule has 0 fully saturated rings. The van der Waals surface area contributed by atoms with Crippen molar-refractivity contribution in [3.8, 4) is 5.75 Å². The Kier molecular flexibility index (Phi) is 9.81. The van der Waals surface area contributed by atoms with E-state index in [0.717, 1.165) is 12.0 Å². The van der Waals surface area contributed by atoms with Crippen LogP contribution in [0.25, 0.3) is 0 Å². The van der Waals surface area contributed by atoms with Gasteiger partial charge in [0.05, 0.1) is 25.2 Å². The Balaban J connectivity index is 2.10. The molecule has 0 saturated heterocycles. The van der Waals surface area contributed by atoms with Crippen molar-refractivity contribution in [2.24, 2.45) is 0 Å². The number of ether oxygens (including phenoxy) is 2. The molecule has 0 aliphatic rings. The first-order valence-electron chi connectivity index (χ1n) is 10.2. The largest absolute Gasteiger partial charge is 0.492 e. The molecule has 0 bridgehead atoms. The molecule has 0 unspecified atom stereocenters. The fourth-order valence-corrected chi connectivity index (χ4v) is 3.14. The van der Waals surface area contributed by atoms with E-state index in [2.05, 4.69) is 16.0 Å². The van der Waals surface area contributed by atoms with Gasteiger partial charge < -0.3 is 25.4 Å². The van der Waals surface area contributed by atoms with Crippen LogP contribution in [0.1, 0.15) is 35.7 Å². The molecular formula is C23H28ClN3O5. The average Bonchev–Trinajstić information content (AvgIpc) is 2.79. The van der Waals surface area contributed by atoms with E-state index in [-0.39, 0.29) is 18.4 Å². The molecule has 3 amide bonds. The van der Waals surface area contributed by atoms with Gasteiger partial charge in [0.1, 0.15) is 5.75 Å². The van der Waals surface area contributed by atoms with Crippen LogP contribution in [0.5, 0.6) is 5.75 Å². The Morgan fingerprint density at radius 3 is 2.41 bits per heavy atom. The van der Waals surface area contributed by atoms with E-state index in [1.807, 2.05) is 19.1 Å². The molecule has 0 radical (unpaired) electrons. The van der Waals surface area contributed by atoms with Crippen LogP contribution in [0.2, 0.25) is 5.02 Å². The zero-order valence-corrected chi connectivity index (χ0v) is 19.1. The molecule has 3 N–H and O–H groups in total. The SMILES string of the molecule is CCCOc1ccc(C(=O)N[C@H](CC(=O)OC)Cc2ccc(NC(=O)NC)cc2)cc1Cl. The lowest BCUT2D eigenvalue weighted by molar-refractivity contribution is -0.141. The highest BCUT2D eigenvalue weighted by molar-refractivity contribution is 6.32. The minimum atomic E-state index is -0.498. The lowest BCUT2D eigenvalue weighted by Gasteiger charge is -2.18. The Hall–Kier alpha value is -3.26. The lowest BCUT2D eigenvalue weighted by Crippen LogP contribution is -2.38. The fraction of sp³-hybridized carbons (Fsp3) is 0.348. The van der Waals surface area contributed by atoms with Crippen LogP contribution in [0.4, 0.5) is 10.5 Å². The van der Waals surface area contributed by atoms with Crippen LogP contribution in [0.15, 0.2) is 42.5 Å². The minimum absolute atomic E-state index is 0.00586. The zero-order chi connectivity index (χ0) is 23.5. The van der Waals surface area contributed by atoms with Crippen molar-refractivity contribution in [2.45, 2.75) is 32.2 Å². The quantitative estimate of drug-likeness (QED) is 0.467. The summed E-state index contributed by atoms with van der Waals surface area (Å²) in [6.45, 7) is 2.52. The highest BCUT2D eigenvalue weighted by Crippen LogP contribution is 2.25. The topological polar surface area (TPSA) is 106 Å². The van der Waals surface area contributed by atoms with Crippen molar-refractivity contribution in [3.05, 3.63) is 58.6 Å². The van der Waals surface area contributed by atoms with Gasteiger partial charge in [0.25, 0.3) is 5.91 Å². The number of hydrogen-bond acceptors (Lipinski definition) is 5. The van der Waals surface area contributed by atoms with Crippen LogP contribution in [0, 0.1) is 0 Å². The average molecular weight is 462 g/mol. The third kappa shape index (κ3) is 7.77. The van der Waals surface area contributed by atoms with Crippen molar-refractivity contribution in [2.75, 3.05) is 26.1 Å². The second-order valence-corrected chi connectivity index (χ2v) is 7.46. The van der Waals surface area contributed by atoms with Crippen molar-refractivity contribution in [3.63, 3.8) is 0 Å². The standard InChI is InChI=1S/C23H28ClN3O5/c1-4-11-32-20-10-7-16(13-19(20)24)22(29)26-18(14-21(28)31-3)12-15-5-8-17(9-6-15)27-23(30)25-2/h5-10,13,18H,4,11-12,14H2,1-3H3,(H,26,29)(H2,25,27,30)/t18-/m0/s1. The monoisotopic (exact) mass is 461 g/mol. The number of urea groups is 1. The molecule has 0 aromatic heterocycles. The van der Waals surface area contributed by atoms with Crippen LogP contribution in [0.3, 0.4) is 0 Å². The second kappa shape index (κ2) is 12.6. The number of rotatable bonds is 10. The molecule has 32 heavy (non-hydrogen) atoms. The van der Waals surface area contributed by atoms with E-state index in [1.165, 1.54) is 20.2 Å². The first-order valence-corrected chi connectivity index (χ1v) is 10.6. The second-order valence-electron chi connectivity index (χ2n) is 7.05. The zero-order valence-electron chi connectivity index (χ0n) is 18.4. The van der Waals surface area contributed by atoms with Crippen LogP contribution in [-0.2, 0) is 16.0 Å². The summed E-state index contributed by atoms with van der Waals surface area (Å²) in [4.78, 5) is 36.1. The van der Waals surface area contributed by atoms with E-state index in [0.29, 0.717) is 35.1 Å². The van der Waals surface area contributed by atoms with Gasteiger partial charge in [-0.15, -0.1) is 0 Å². The molecule has 0 aliphatic heterocycles. The number of halogens is 1. The van der Waals surface area contributed by atoms with Crippen LogP contribution >= 0.6 is 11.6 Å². The van der Waals surface area contributed by atoms with Crippen molar-refractivity contribution >= 4 is 35.2 Å². The van der Waals surface area contributed by atoms with Gasteiger partial charge in [0.15, 0.2) is 0 Å². The number of anilines is 1. The summed E-state index contributed by atoms with van der Waals surface area (Å²) in [7, 11) is 2.83. The highest BCUT2D eigenvalue weighted by Gasteiger charge is 2.19. The molecule has 9 heteroatoms. The summed E-state index contributed by atoms with van der Waals surface area (Å²) in [5.74, 6) is -0.281. The van der Waals surface area contributed by atoms with E-state index in [9.17, 15) is 14.4 Å². The lowest BCUT2D eigenvalue weighted by atomic mass is 10.0. The van der Waals surface area contributed by atoms with Crippen molar-refractivity contribution in [1.82, 2.24) is 10.6 Å². The molecule has 2 rings (SSSR count). The number of amides is 3. The predicted octanol–water partition coefficient (Wildman–Crippen LogP) is 3.78. The van der Waals surface area contributed by atoms with Crippen molar-refractivity contribution < 1.29 is 23.9 Å². The summed E-state index contributed by atoms with van der Waals surface area (Å²) < 4.78 is 10.3. The van der Waals surface area contributed by atoms with Gasteiger partial charge in [0.2, 0.25) is 0 Å². The van der Waals surface area contributed by atoms with Gasteiger partial charge in [-0.2, -0.15) is 0 Å². The fourth-order valence-electron chi connectivity index (χ4n) is 2.90. The predicted molar refractivity (Wildman–Crippen MR) is 123 cm³/mol. The third-order valence-electron chi connectivity index (χ3n) is 4.55. The van der Waals surface area contributed by atoms with Gasteiger partial charge in [-0.3, -0.25) is 9.59 Å². The number of carbonyl (C=O) groups is 3. The normalized spacial score (nSPS) is 11.2. The maximum absolute atomic E-state index is 12.8. The first-order chi connectivity index (χ1) is 15.4. The van der Waals surface area contributed by atoms with Gasteiger partial charge in [0, 0.05) is 24.3 Å². The van der Waals surface area contributed by atoms with E-state index in [1.54, 1.807) is 24.3 Å². The van der Waals surface area contributed by atoms with Gasteiger partial charge in [-0.25, -0.2) is 4.79 Å². The molecule has 8 nitrogen and oxygen atoms in total. The summed E-state index contributed by atoms with van der Waals surface area (Å²) >= 11 is 6.23. The maximum Gasteiger partial charge on any atom is 0.318 e. The molecule has 0 heterocycles. The van der Waals surface area contributed by atoms with Gasteiger partial charge in [-0.1, -0.05) is 30.7 Å². The van der Waals surface area contributed by atoms with Crippen molar-refractivity contribution in [1.29, 1.82) is 0 Å². The number of nitrogens with one attached hydrogen (secondary N) is 3. The van der Waals surface area contributed by atoms with Gasteiger partial charge in [-0.05, 0) is 48.7 Å². The molecule has 1 atom stereocenters. The summed E-state index contributed by atoms with van der Waals surface area (Å²) in [6.07, 6.45) is 1.25. The Morgan fingerprint density at radius 2 is 1.81 bits per heavy atom. The molecule has 0 saturated carbocycles. The first kappa shape index (κ1) is 25.0. The summed E-state index contributed by atoms with van der Waals surface area (Å²) in [5, 5.41) is 8.37. The number of hydrogen-bond donors (Lipinski definition) is 3. The number of benzene rings is 2. The Labute approximate surface area is 192 Å².